The Kier molecular flexibility index (Phi) is 4.73. The Bertz CT molecular complexity index is 486. The van der Waals surface area contributed by atoms with Crippen molar-refractivity contribution in [3.63, 3.8) is 0 Å². The van der Waals surface area contributed by atoms with Crippen LogP contribution in [-0.2, 0) is 4.74 Å². The summed E-state index contributed by atoms with van der Waals surface area (Å²) in [7, 11) is 1.51. The van der Waals surface area contributed by atoms with Crippen LogP contribution in [-0.4, -0.2) is 42.8 Å². The third kappa shape index (κ3) is 3.16. The Morgan fingerprint density at radius 3 is 2.80 bits per heavy atom. The van der Waals surface area contributed by atoms with Crippen LogP contribution in [0.2, 0.25) is 0 Å². The van der Waals surface area contributed by atoms with Crippen molar-refractivity contribution in [2.75, 3.05) is 26.2 Å². The first-order valence-corrected chi connectivity index (χ1v) is 6.97. The van der Waals surface area contributed by atoms with Gasteiger partial charge < -0.3 is 19.9 Å². The fraction of sp³-hybridized carbons (Fsp3) is 0.500. The van der Waals surface area contributed by atoms with E-state index < -0.39 is 5.54 Å². The van der Waals surface area contributed by atoms with E-state index in [2.05, 4.69) is 5.32 Å². The number of nitrogens with one attached hydrogen (secondary N) is 1. The van der Waals surface area contributed by atoms with E-state index in [1.165, 1.54) is 19.2 Å². The number of phenols is 1. The highest BCUT2D eigenvalue weighted by atomic mass is 35.5. The molecule has 0 radical (unpaired) electrons. The van der Waals surface area contributed by atoms with Crippen LogP contribution in [0.1, 0.15) is 23.2 Å². The summed E-state index contributed by atoms with van der Waals surface area (Å²) in [5.74, 6) is 0.385. The number of rotatable bonds is 4. The quantitative estimate of drug-likeness (QED) is 0.834. The second kappa shape index (κ2) is 6.33. The van der Waals surface area contributed by atoms with Crippen molar-refractivity contribution < 1.29 is 19.4 Å². The molecule has 0 spiro atoms. The maximum Gasteiger partial charge on any atom is 0.255 e. The molecule has 1 aromatic rings. The smallest absolute Gasteiger partial charge is 0.255 e. The minimum Gasteiger partial charge on any atom is -0.507 e. The van der Waals surface area contributed by atoms with Gasteiger partial charge in [-0.05, 0) is 31.0 Å². The molecule has 0 aliphatic carbocycles. The summed E-state index contributed by atoms with van der Waals surface area (Å²) in [6.07, 6.45) is 1.32. The number of phenolic OH excluding ortho intramolecular Hbond substituents is 1. The fourth-order valence-electron chi connectivity index (χ4n) is 2.19. The molecule has 0 bridgehead atoms. The van der Waals surface area contributed by atoms with Crippen LogP contribution < -0.4 is 10.1 Å². The number of aromatic hydroxyl groups is 1. The monoisotopic (exact) mass is 299 g/mol. The van der Waals surface area contributed by atoms with Crippen LogP contribution in [0.25, 0.3) is 0 Å². The molecule has 0 atom stereocenters. The average molecular weight is 300 g/mol. The SMILES string of the molecule is COc1ccc(O)c(C(=O)NC2(CCl)CCOCC2)c1. The third-order valence-corrected chi connectivity index (χ3v) is 4.04. The van der Waals surface area contributed by atoms with Gasteiger partial charge in [-0.15, -0.1) is 11.6 Å². The summed E-state index contributed by atoms with van der Waals surface area (Å²) in [5, 5.41) is 12.7. The van der Waals surface area contributed by atoms with Crippen LogP contribution in [0.4, 0.5) is 0 Å². The van der Waals surface area contributed by atoms with Crippen molar-refractivity contribution in [1.29, 1.82) is 0 Å². The summed E-state index contributed by atoms with van der Waals surface area (Å²) < 4.78 is 10.4. The van der Waals surface area contributed by atoms with Crippen molar-refractivity contribution >= 4 is 17.5 Å². The Morgan fingerprint density at radius 1 is 1.50 bits per heavy atom. The number of benzene rings is 1. The Labute approximate surface area is 122 Å². The number of carbonyl (C=O) groups is 1. The first-order chi connectivity index (χ1) is 9.60. The van der Waals surface area contributed by atoms with E-state index in [-0.39, 0.29) is 17.2 Å². The Balaban J connectivity index is 2.18. The molecule has 6 heteroatoms. The number of methoxy groups -OCH3 is 1. The standard InChI is InChI=1S/C14H18ClNO4/c1-19-10-2-3-12(17)11(8-10)13(18)16-14(9-15)4-6-20-7-5-14/h2-3,8,17H,4-7,9H2,1H3,(H,16,18). The lowest BCUT2D eigenvalue weighted by Crippen LogP contribution is -2.53. The third-order valence-electron chi connectivity index (χ3n) is 3.53. The summed E-state index contributed by atoms with van der Waals surface area (Å²) in [6, 6.07) is 4.54. The molecule has 2 rings (SSSR count). The lowest BCUT2D eigenvalue weighted by Gasteiger charge is -2.36. The van der Waals surface area contributed by atoms with Crippen molar-refractivity contribution in [3.05, 3.63) is 23.8 Å². The second-order valence-electron chi connectivity index (χ2n) is 4.86. The molecule has 5 nitrogen and oxygen atoms in total. The molecule has 1 amide bonds. The summed E-state index contributed by atoms with van der Waals surface area (Å²) in [5.41, 5.74) is -0.299. The maximum atomic E-state index is 12.3. The van der Waals surface area contributed by atoms with Gasteiger partial charge in [-0.1, -0.05) is 0 Å². The van der Waals surface area contributed by atoms with Gasteiger partial charge in [0.05, 0.1) is 18.2 Å². The predicted molar refractivity (Wildman–Crippen MR) is 75.6 cm³/mol. The van der Waals surface area contributed by atoms with E-state index in [9.17, 15) is 9.90 Å². The summed E-state index contributed by atoms with van der Waals surface area (Å²) in [6.45, 7) is 1.13. The lowest BCUT2D eigenvalue weighted by molar-refractivity contribution is 0.0433. The van der Waals surface area contributed by atoms with Crippen LogP contribution in [0.5, 0.6) is 11.5 Å². The Hall–Kier alpha value is -1.46. The number of alkyl halides is 1. The maximum absolute atomic E-state index is 12.3. The van der Waals surface area contributed by atoms with E-state index in [1.807, 2.05) is 0 Å². The molecule has 2 N–H and O–H groups in total. The van der Waals surface area contributed by atoms with Crippen molar-refractivity contribution in [2.24, 2.45) is 0 Å². The van der Waals surface area contributed by atoms with Gasteiger partial charge in [0.15, 0.2) is 0 Å². The van der Waals surface area contributed by atoms with Gasteiger partial charge in [-0.25, -0.2) is 0 Å². The van der Waals surface area contributed by atoms with Gasteiger partial charge in [-0.2, -0.15) is 0 Å². The number of ether oxygens (including phenoxy) is 2. The first kappa shape index (κ1) is 14.9. The van der Waals surface area contributed by atoms with Gasteiger partial charge >= 0.3 is 0 Å². The zero-order chi connectivity index (χ0) is 14.6. The minimum atomic E-state index is -0.480. The predicted octanol–water partition coefficient (Wildman–Crippen LogP) is 1.92. The summed E-state index contributed by atoms with van der Waals surface area (Å²) in [4.78, 5) is 12.3. The van der Waals surface area contributed by atoms with Gasteiger partial charge in [-0.3, -0.25) is 4.79 Å². The highest BCUT2D eigenvalue weighted by Gasteiger charge is 2.34. The molecule has 1 heterocycles. The van der Waals surface area contributed by atoms with E-state index >= 15 is 0 Å². The molecule has 110 valence electrons. The second-order valence-corrected chi connectivity index (χ2v) is 5.13. The number of amides is 1. The molecule has 1 aliphatic rings. The van der Waals surface area contributed by atoms with Gasteiger partial charge in [0.25, 0.3) is 5.91 Å². The minimum absolute atomic E-state index is 0.0833. The van der Waals surface area contributed by atoms with Gasteiger partial charge in [0.1, 0.15) is 11.5 Å². The van der Waals surface area contributed by atoms with E-state index in [4.69, 9.17) is 21.1 Å². The summed E-state index contributed by atoms with van der Waals surface area (Å²) >= 11 is 6.01. The first-order valence-electron chi connectivity index (χ1n) is 6.43. The van der Waals surface area contributed by atoms with Crippen LogP contribution in [0, 0.1) is 0 Å². The topological polar surface area (TPSA) is 67.8 Å². The molecule has 0 aromatic heterocycles. The van der Waals surface area contributed by atoms with E-state index in [0.29, 0.717) is 37.7 Å². The van der Waals surface area contributed by atoms with Gasteiger partial charge in [0, 0.05) is 19.1 Å². The van der Waals surface area contributed by atoms with Crippen molar-refractivity contribution in [2.45, 2.75) is 18.4 Å². The number of carbonyl (C=O) groups excluding carboxylic acids is 1. The highest BCUT2D eigenvalue weighted by Crippen LogP contribution is 2.26. The number of hydrogen-bond acceptors (Lipinski definition) is 4. The fourth-order valence-corrected chi connectivity index (χ4v) is 2.52. The molecular weight excluding hydrogens is 282 g/mol. The average Bonchev–Trinajstić information content (AvgIpc) is 2.48. The normalized spacial score (nSPS) is 17.5. The molecule has 0 saturated carbocycles. The molecule has 20 heavy (non-hydrogen) atoms. The molecular formula is C14H18ClNO4. The largest absolute Gasteiger partial charge is 0.507 e. The number of hydrogen-bond donors (Lipinski definition) is 2. The van der Waals surface area contributed by atoms with Gasteiger partial charge in [0.2, 0.25) is 0 Å². The highest BCUT2D eigenvalue weighted by molar-refractivity contribution is 6.19. The van der Waals surface area contributed by atoms with Crippen LogP contribution >= 0.6 is 11.6 Å². The van der Waals surface area contributed by atoms with E-state index in [1.54, 1.807) is 6.07 Å². The van der Waals surface area contributed by atoms with Crippen molar-refractivity contribution in [3.8, 4) is 11.5 Å². The van der Waals surface area contributed by atoms with Crippen molar-refractivity contribution in [1.82, 2.24) is 5.32 Å². The van der Waals surface area contributed by atoms with Crippen LogP contribution in [0.15, 0.2) is 18.2 Å². The number of halogens is 1. The molecule has 1 fully saturated rings. The lowest BCUT2D eigenvalue weighted by atomic mass is 9.91. The zero-order valence-corrected chi connectivity index (χ0v) is 12.1. The molecule has 1 aliphatic heterocycles. The molecule has 1 saturated heterocycles. The Morgan fingerprint density at radius 2 is 2.20 bits per heavy atom. The molecule has 0 unspecified atom stereocenters. The van der Waals surface area contributed by atoms with E-state index in [0.717, 1.165) is 0 Å². The van der Waals surface area contributed by atoms with Crippen LogP contribution in [0.3, 0.4) is 0 Å². The molecule has 1 aromatic carbocycles. The zero-order valence-electron chi connectivity index (χ0n) is 11.3.